The van der Waals surface area contributed by atoms with Crippen molar-refractivity contribution in [2.75, 3.05) is 25.0 Å². The number of benzene rings is 1. The van der Waals surface area contributed by atoms with Gasteiger partial charge in [0.1, 0.15) is 5.83 Å². The molecule has 4 rings (SSSR count). The molecule has 1 aliphatic carbocycles. The predicted molar refractivity (Wildman–Crippen MR) is 128 cm³/mol. The summed E-state index contributed by atoms with van der Waals surface area (Å²) in [4.78, 5) is 33.9. The van der Waals surface area contributed by atoms with Gasteiger partial charge in [-0.1, -0.05) is 55.1 Å². The van der Waals surface area contributed by atoms with Gasteiger partial charge >= 0.3 is 0 Å². The molecule has 1 saturated carbocycles. The van der Waals surface area contributed by atoms with Crippen molar-refractivity contribution >= 4 is 17.4 Å². The first kappa shape index (κ1) is 22.7. The van der Waals surface area contributed by atoms with Crippen LogP contribution in [0.5, 0.6) is 0 Å². The third-order valence-corrected chi connectivity index (χ3v) is 6.64. The highest BCUT2D eigenvalue weighted by Crippen LogP contribution is 2.49. The zero-order valence-electron chi connectivity index (χ0n) is 19.2. The Bertz CT molecular complexity index is 1170. The summed E-state index contributed by atoms with van der Waals surface area (Å²) < 4.78 is 15.9. The van der Waals surface area contributed by atoms with E-state index in [2.05, 4.69) is 11.6 Å². The molecule has 172 valence electrons. The summed E-state index contributed by atoms with van der Waals surface area (Å²) in [6.45, 7) is 6.64. The van der Waals surface area contributed by atoms with Crippen LogP contribution in [0.3, 0.4) is 0 Å². The van der Waals surface area contributed by atoms with Crippen molar-refractivity contribution in [1.29, 1.82) is 0 Å². The van der Waals surface area contributed by atoms with Crippen LogP contribution in [0.4, 0.5) is 10.3 Å². The predicted octanol–water partition coefficient (Wildman–Crippen LogP) is 3.36. The van der Waals surface area contributed by atoms with E-state index in [4.69, 9.17) is 0 Å². The van der Waals surface area contributed by atoms with Crippen molar-refractivity contribution in [2.45, 2.75) is 19.4 Å². The molecule has 2 heterocycles. The Hall–Kier alpha value is -3.48. The molecule has 3 atom stereocenters. The maximum absolute atomic E-state index is 14.4. The lowest BCUT2D eigenvalue weighted by Gasteiger charge is -2.26. The Labute approximate surface area is 193 Å². The Morgan fingerprint density at radius 3 is 2.55 bits per heavy atom. The molecule has 1 aliphatic heterocycles. The number of carbonyl (C=O) groups is 1. The molecule has 6 nitrogen and oxygen atoms in total. The van der Waals surface area contributed by atoms with E-state index in [0.717, 1.165) is 5.56 Å². The second kappa shape index (κ2) is 9.17. The highest BCUT2D eigenvalue weighted by molar-refractivity contribution is 5.79. The minimum atomic E-state index is -0.458. The van der Waals surface area contributed by atoms with Crippen LogP contribution in [0.25, 0.3) is 5.57 Å². The van der Waals surface area contributed by atoms with Gasteiger partial charge in [-0.05, 0) is 12.5 Å². The summed E-state index contributed by atoms with van der Waals surface area (Å²) in [6, 6.07) is 11.3. The molecule has 0 bridgehead atoms. The Balaban J connectivity index is 1.49. The Morgan fingerprint density at radius 1 is 1.27 bits per heavy atom. The summed E-state index contributed by atoms with van der Waals surface area (Å²) in [6.07, 6.45) is 4.74. The molecule has 33 heavy (non-hydrogen) atoms. The number of piperidine rings is 1. The fraction of sp³-hybridized carbons (Fsp3) is 0.346. The summed E-state index contributed by atoms with van der Waals surface area (Å²) >= 11 is 0. The van der Waals surface area contributed by atoms with Crippen molar-refractivity contribution in [2.24, 2.45) is 18.9 Å². The second-order valence-electron chi connectivity index (χ2n) is 8.68. The summed E-state index contributed by atoms with van der Waals surface area (Å²) in [7, 11) is 3.58. The molecule has 1 amide bonds. The van der Waals surface area contributed by atoms with Gasteiger partial charge in [-0.3, -0.25) is 14.2 Å². The van der Waals surface area contributed by atoms with Gasteiger partial charge in [0, 0.05) is 56.7 Å². The number of hydrogen-bond acceptors (Lipinski definition) is 4. The van der Waals surface area contributed by atoms with Crippen LogP contribution in [-0.2, 0) is 18.3 Å². The number of rotatable bonds is 7. The van der Waals surface area contributed by atoms with Crippen molar-refractivity contribution in [3.8, 4) is 0 Å². The van der Waals surface area contributed by atoms with Crippen LogP contribution in [0.1, 0.15) is 18.2 Å². The first-order chi connectivity index (χ1) is 15.8. The summed E-state index contributed by atoms with van der Waals surface area (Å²) in [5, 5.41) is 0. The molecule has 2 fully saturated rings. The number of fused-ring (bicyclic) bond motifs is 1. The zero-order chi connectivity index (χ0) is 23.7. The average molecular weight is 449 g/mol. The second-order valence-corrected chi connectivity index (χ2v) is 8.68. The van der Waals surface area contributed by atoms with Gasteiger partial charge in [0.2, 0.25) is 11.9 Å². The van der Waals surface area contributed by atoms with Crippen LogP contribution in [-0.4, -0.2) is 46.5 Å². The number of aromatic nitrogens is 2. The van der Waals surface area contributed by atoms with E-state index < -0.39 is 5.83 Å². The van der Waals surface area contributed by atoms with Gasteiger partial charge in [-0.15, -0.1) is 0 Å². The number of halogens is 1. The molecule has 0 N–H and O–H groups in total. The van der Waals surface area contributed by atoms with Crippen molar-refractivity contribution < 1.29 is 9.18 Å². The van der Waals surface area contributed by atoms with Gasteiger partial charge in [0.25, 0.3) is 5.56 Å². The molecular weight excluding hydrogens is 419 g/mol. The molecule has 2 aliphatic rings. The average Bonchev–Trinajstić information content (AvgIpc) is 3.31. The summed E-state index contributed by atoms with van der Waals surface area (Å²) in [5.74, 6) is 0.845. The number of hydrogen-bond donors (Lipinski definition) is 0. The quantitative estimate of drug-likeness (QED) is 0.610. The highest BCUT2D eigenvalue weighted by atomic mass is 19.1. The molecule has 1 aromatic heterocycles. The van der Waals surface area contributed by atoms with Gasteiger partial charge in [-0.25, -0.2) is 9.37 Å². The van der Waals surface area contributed by atoms with Crippen LogP contribution in [0.2, 0.25) is 0 Å². The standard InChI is InChI=1S/C26H29FN4O2/c1-5-10-18(21(27)6-2)22-14-23(32)29(3)26(28-22)30(4)25-19-15-31(16-20(19)25)24(33)13-17-11-8-7-9-12-17/h5-12,14,19-20,25H,1,13,15-16H2,2-4H3/b18-10+,21-6+/t19-,20+,25+. The number of carbonyl (C=O) groups excluding carboxylic acids is 1. The van der Waals surface area contributed by atoms with E-state index >= 15 is 0 Å². The van der Waals surface area contributed by atoms with Gasteiger partial charge in [0.15, 0.2) is 0 Å². The molecule has 7 heteroatoms. The topological polar surface area (TPSA) is 58.4 Å². The number of amides is 1. The lowest BCUT2D eigenvalue weighted by atomic mass is 10.1. The molecular formula is C26H29FN4O2. The molecule has 0 radical (unpaired) electrons. The SMILES string of the molecule is C=C/C=C(\C(F)=C/C)c1cc(=O)n(C)c(N(C)[C@H]2[C@@H]3CN(C(=O)Cc4ccccc4)C[C@@H]32)n1. The van der Waals surface area contributed by atoms with Crippen molar-refractivity contribution in [3.05, 3.63) is 88.6 Å². The van der Waals surface area contributed by atoms with E-state index in [0.29, 0.717) is 37.3 Å². The molecule has 2 aromatic rings. The zero-order valence-corrected chi connectivity index (χ0v) is 19.2. The van der Waals surface area contributed by atoms with Gasteiger partial charge < -0.3 is 9.80 Å². The third kappa shape index (κ3) is 4.40. The number of allylic oxidation sites excluding steroid dienone is 5. The number of likely N-dealkylation sites (tertiary alicyclic amines) is 1. The smallest absolute Gasteiger partial charge is 0.255 e. The van der Waals surface area contributed by atoms with E-state index in [-0.39, 0.29) is 28.8 Å². The monoisotopic (exact) mass is 448 g/mol. The van der Waals surface area contributed by atoms with Gasteiger partial charge in [-0.2, -0.15) is 0 Å². The number of anilines is 1. The maximum atomic E-state index is 14.4. The molecule has 1 aromatic carbocycles. The minimum Gasteiger partial charge on any atom is -0.342 e. The fourth-order valence-corrected chi connectivity index (χ4v) is 4.83. The van der Waals surface area contributed by atoms with E-state index in [1.807, 2.05) is 47.2 Å². The first-order valence-corrected chi connectivity index (χ1v) is 11.1. The Morgan fingerprint density at radius 2 is 1.94 bits per heavy atom. The summed E-state index contributed by atoms with van der Waals surface area (Å²) in [5.41, 5.74) is 1.27. The first-order valence-electron chi connectivity index (χ1n) is 11.1. The van der Waals surface area contributed by atoms with Crippen LogP contribution < -0.4 is 10.5 Å². The lowest BCUT2D eigenvalue weighted by Crippen LogP contribution is -2.39. The highest BCUT2D eigenvalue weighted by Gasteiger charge is 2.59. The molecule has 1 saturated heterocycles. The van der Waals surface area contributed by atoms with Crippen LogP contribution >= 0.6 is 0 Å². The number of nitrogens with zero attached hydrogens (tertiary/aromatic N) is 4. The Kier molecular flexibility index (Phi) is 6.31. The van der Waals surface area contributed by atoms with Crippen molar-refractivity contribution in [1.82, 2.24) is 14.5 Å². The minimum absolute atomic E-state index is 0.142. The third-order valence-electron chi connectivity index (χ3n) is 6.64. The van der Waals surface area contributed by atoms with Crippen molar-refractivity contribution in [3.63, 3.8) is 0 Å². The van der Waals surface area contributed by atoms with Crippen LogP contribution in [0, 0.1) is 11.8 Å². The largest absolute Gasteiger partial charge is 0.342 e. The molecule has 0 unspecified atom stereocenters. The van der Waals surface area contributed by atoms with Crippen LogP contribution in [0.15, 0.2) is 71.8 Å². The fourth-order valence-electron chi connectivity index (χ4n) is 4.83. The van der Waals surface area contributed by atoms with Gasteiger partial charge in [0.05, 0.1) is 12.1 Å². The van der Waals surface area contributed by atoms with E-state index in [1.165, 1.54) is 28.9 Å². The molecule has 0 spiro atoms. The van der Waals surface area contributed by atoms with E-state index in [1.54, 1.807) is 14.0 Å². The van der Waals surface area contributed by atoms with E-state index in [9.17, 15) is 14.0 Å². The maximum Gasteiger partial charge on any atom is 0.255 e. The normalized spacial score (nSPS) is 22.2. The lowest BCUT2D eigenvalue weighted by molar-refractivity contribution is -0.130.